The summed E-state index contributed by atoms with van der Waals surface area (Å²) in [5.41, 5.74) is 29.9. The van der Waals surface area contributed by atoms with E-state index in [9.17, 15) is 0 Å². The first-order valence-electron chi connectivity index (χ1n) is 26.2. The van der Waals surface area contributed by atoms with Crippen LogP contribution in [0.25, 0.3) is 78.1 Å². The molecule has 0 amide bonds. The first-order valence-corrected chi connectivity index (χ1v) is 26.2. The highest BCUT2D eigenvalue weighted by atomic mass is 14.8. The summed E-state index contributed by atoms with van der Waals surface area (Å²) in [6.07, 6.45) is 0. The van der Waals surface area contributed by atoms with E-state index in [0.717, 1.165) is 33.9 Å². The van der Waals surface area contributed by atoms with Gasteiger partial charge in [0.1, 0.15) is 5.41 Å². The summed E-state index contributed by atoms with van der Waals surface area (Å²) in [7, 11) is 0. The van der Waals surface area contributed by atoms with Crippen molar-refractivity contribution in [3.8, 4) is 78.1 Å². The van der Waals surface area contributed by atoms with Crippen LogP contribution in [0.4, 0.5) is 0 Å². The summed E-state index contributed by atoms with van der Waals surface area (Å²) in [6.45, 7) is 0. The number of rotatable bonds is 4. The molecular weight excluding hydrogens is 905 g/mol. The van der Waals surface area contributed by atoms with Gasteiger partial charge in [-0.15, -0.1) is 0 Å². The van der Waals surface area contributed by atoms with Gasteiger partial charge in [0.25, 0.3) is 0 Å². The van der Waals surface area contributed by atoms with E-state index < -0.39 is 16.2 Å². The molecule has 0 fully saturated rings. The monoisotopic (exact) mass is 948 g/mol. The molecule has 0 bridgehead atoms. The van der Waals surface area contributed by atoms with Crippen molar-refractivity contribution < 1.29 is 0 Å². The van der Waals surface area contributed by atoms with Gasteiger partial charge in [-0.3, -0.25) is 9.97 Å². The van der Waals surface area contributed by atoms with Crippen LogP contribution in [-0.2, 0) is 16.2 Å². The molecular formula is C73H44N2. The highest BCUT2D eigenvalue weighted by Gasteiger charge is 2.54. The second-order valence-corrected chi connectivity index (χ2v) is 21.0. The van der Waals surface area contributed by atoms with E-state index in [0.29, 0.717) is 0 Å². The van der Waals surface area contributed by atoms with Crippen LogP contribution in [0.5, 0.6) is 0 Å². The fraction of sp³-hybridized carbons (Fsp3) is 0.0411. The third-order valence-electron chi connectivity index (χ3n) is 17.8. The Morgan fingerprint density at radius 3 is 0.707 bits per heavy atom. The van der Waals surface area contributed by atoms with E-state index in [-0.39, 0.29) is 0 Å². The van der Waals surface area contributed by atoms with Crippen LogP contribution in [0.3, 0.4) is 0 Å². The molecule has 5 aliphatic carbocycles. The average Bonchev–Trinajstić information content (AvgIpc) is 4.44. The molecule has 2 nitrogen and oxygen atoms in total. The van der Waals surface area contributed by atoms with Crippen molar-refractivity contribution in [1.29, 1.82) is 0 Å². The average molecular weight is 949 g/mol. The Bertz CT molecular complexity index is 4050. The van der Waals surface area contributed by atoms with E-state index in [2.05, 4.69) is 267 Å². The van der Waals surface area contributed by atoms with Crippen LogP contribution in [0.2, 0.25) is 0 Å². The van der Waals surface area contributed by atoms with Crippen LogP contribution >= 0.6 is 0 Å². The van der Waals surface area contributed by atoms with Crippen LogP contribution < -0.4 is 0 Å². The van der Waals surface area contributed by atoms with Gasteiger partial charge in [0.15, 0.2) is 0 Å². The standard InChI is InChI=1S/C73H44N2/c1-9-27-57-47(19-1)48-20-2-10-28-58(48)71(57)61-31-13-5-25-53(61)55-41-39-45(43-65(55)71)67-35-17-37-69(74-67)73(63-33-15-7-23-51(63)52-24-8-16-34-64(52)73)70-38-18-36-68(75-70)46-40-42-56-54-26-6-14-32-62(54)72(66(56)44-46)59-29-11-3-21-49(59)50-22-4-12-30-60(50)72/h1-44H. The lowest BCUT2D eigenvalue weighted by molar-refractivity contribution is 0.708. The maximum Gasteiger partial charge on any atom is 0.106 e. The second-order valence-electron chi connectivity index (χ2n) is 21.0. The van der Waals surface area contributed by atoms with Gasteiger partial charge in [-0.1, -0.05) is 231 Å². The van der Waals surface area contributed by atoms with Crippen LogP contribution in [0.15, 0.2) is 267 Å². The summed E-state index contributed by atoms with van der Waals surface area (Å²) >= 11 is 0. The van der Waals surface area contributed by atoms with Gasteiger partial charge in [-0.05, 0) is 148 Å². The Labute approximate surface area is 436 Å². The largest absolute Gasteiger partial charge is 0.251 e. The molecule has 17 rings (SSSR count). The molecule has 0 aliphatic heterocycles. The van der Waals surface area contributed by atoms with Gasteiger partial charge >= 0.3 is 0 Å². The number of hydrogen-bond acceptors (Lipinski definition) is 2. The maximum atomic E-state index is 5.87. The summed E-state index contributed by atoms with van der Waals surface area (Å²) < 4.78 is 0. The van der Waals surface area contributed by atoms with Crippen molar-refractivity contribution >= 4 is 0 Å². The fourth-order valence-electron chi connectivity index (χ4n) is 15.0. The molecule has 0 saturated carbocycles. The minimum atomic E-state index is -0.825. The first kappa shape index (κ1) is 41.0. The van der Waals surface area contributed by atoms with Crippen molar-refractivity contribution in [3.05, 3.63) is 334 Å². The summed E-state index contributed by atoms with van der Waals surface area (Å²) in [6, 6.07) is 99.4. The van der Waals surface area contributed by atoms with Crippen molar-refractivity contribution in [2.24, 2.45) is 0 Å². The summed E-state index contributed by atoms with van der Waals surface area (Å²) in [4.78, 5) is 11.7. The zero-order valence-electron chi connectivity index (χ0n) is 40.8. The summed E-state index contributed by atoms with van der Waals surface area (Å²) in [5.74, 6) is 0. The lowest BCUT2D eigenvalue weighted by Gasteiger charge is -2.32. The van der Waals surface area contributed by atoms with E-state index in [1.807, 2.05) is 0 Å². The molecule has 2 heteroatoms. The molecule has 10 aromatic carbocycles. The fourth-order valence-corrected chi connectivity index (χ4v) is 15.0. The third-order valence-corrected chi connectivity index (χ3v) is 17.8. The molecule has 0 saturated heterocycles. The molecule has 75 heavy (non-hydrogen) atoms. The first-order chi connectivity index (χ1) is 37.2. The molecule has 12 aromatic rings. The Hall–Kier alpha value is -9.50. The quantitative estimate of drug-likeness (QED) is 0.176. The van der Waals surface area contributed by atoms with E-state index in [1.165, 1.54) is 111 Å². The van der Waals surface area contributed by atoms with Crippen LogP contribution in [-0.4, -0.2) is 9.97 Å². The van der Waals surface area contributed by atoms with Gasteiger partial charge < -0.3 is 0 Å². The predicted octanol–water partition coefficient (Wildman–Crippen LogP) is 16.9. The SMILES string of the molecule is c1cc(-c2ccc3c(c2)C2(c4ccccc4-c4ccccc42)c2ccccc2-3)nc(C2(c3cccc(-c4ccc5c(c4)C4(c6ccccc6-c6ccccc64)c4ccccc4-5)n3)c3ccccc3-c3ccccc32)c1. The highest BCUT2D eigenvalue weighted by molar-refractivity contribution is 5.98. The van der Waals surface area contributed by atoms with E-state index in [1.54, 1.807) is 0 Å². The molecule has 0 atom stereocenters. The molecule has 2 aromatic heterocycles. The number of hydrogen-bond donors (Lipinski definition) is 0. The molecule has 0 unspecified atom stereocenters. The van der Waals surface area contributed by atoms with Gasteiger partial charge in [0, 0.05) is 11.1 Å². The van der Waals surface area contributed by atoms with E-state index in [4.69, 9.17) is 9.97 Å². The van der Waals surface area contributed by atoms with Crippen molar-refractivity contribution in [2.45, 2.75) is 16.2 Å². The molecule has 0 radical (unpaired) electrons. The number of pyridine rings is 2. The molecule has 346 valence electrons. The maximum absolute atomic E-state index is 5.87. The van der Waals surface area contributed by atoms with Gasteiger partial charge in [0.05, 0.1) is 33.6 Å². The number of fused-ring (bicyclic) bond motifs is 23. The Morgan fingerprint density at radius 1 is 0.187 bits per heavy atom. The minimum absolute atomic E-state index is 0.452. The molecule has 2 heterocycles. The van der Waals surface area contributed by atoms with Gasteiger partial charge in [-0.25, -0.2) is 0 Å². The van der Waals surface area contributed by atoms with Crippen molar-refractivity contribution in [3.63, 3.8) is 0 Å². The second kappa shape index (κ2) is 14.8. The summed E-state index contributed by atoms with van der Waals surface area (Å²) in [5, 5.41) is 0. The minimum Gasteiger partial charge on any atom is -0.251 e. The van der Waals surface area contributed by atoms with E-state index >= 15 is 0 Å². The lowest BCUT2D eigenvalue weighted by atomic mass is 9.70. The molecule has 0 N–H and O–H groups in total. The van der Waals surface area contributed by atoms with Crippen LogP contribution in [0.1, 0.15) is 67.0 Å². The van der Waals surface area contributed by atoms with Crippen LogP contribution in [0, 0.1) is 0 Å². The number of nitrogens with zero attached hydrogens (tertiary/aromatic N) is 2. The Morgan fingerprint density at radius 2 is 0.427 bits per heavy atom. The van der Waals surface area contributed by atoms with Crippen molar-refractivity contribution in [1.82, 2.24) is 9.97 Å². The number of benzene rings is 10. The zero-order valence-corrected chi connectivity index (χ0v) is 40.8. The molecule has 2 spiro atoms. The normalized spacial score (nSPS) is 15.0. The topological polar surface area (TPSA) is 25.8 Å². The van der Waals surface area contributed by atoms with Gasteiger partial charge in [-0.2, -0.15) is 0 Å². The van der Waals surface area contributed by atoms with Gasteiger partial charge in [0.2, 0.25) is 0 Å². The smallest absolute Gasteiger partial charge is 0.106 e. The van der Waals surface area contributed by atoms with Crippen molar-refractivity contribution in [2.75, 3.05) is 0 Å². The Balaban J connectivity index is 0.865. The Kier molecular flexibility index (Phi) is 8.10. The number of aromatic nitrogens is 2. The lowest BCUT2D eigenvalue weighted by Crippen LogP contribution is -2.31. The third kappa shape index (κ3) is 5.00. The zero-order chi connectivity index (χ0) is 49.0. The highest BCUT2D eigenvalue weighted by Crippen LogP contribution is 2.65. The predicted molar refractivity (Wildman–Crippen MR) is 303 cm³/mol. The molecule has 5 aliphatic rings.